The summed E-state index contributed by atoms with van der Waals surface area (Å²) in [6.07, 6.45) is -1.62. The van der Waals surface area contributed by atoms with E-state index in [1.807, 2.05) is 25.3 Å². The van der Waals surface area contributed by atoms with Crippen LogP contribution in [0.2, 0.25) is 0 Å². The van der Waals surface area contributed by atoms with Gasteiger partial charge in [0.1, 0.15) is 11.3 Å². The van der Waals surface area contributed by atoms with Crippen molar-refractivity contribution in [2.45, 2.75) is 13.1 Å². The number of hydrogen-bond donors (Lipinski definition) is 2. The number of aliphatic carboxylic acids is 1. The van der Waals surface area contributed by atoms with E-state index in [-0.39, 0.29) is 0 Å². The molecule has 0 saturated heterocycles. The first-order valence-electron chi connectivity index (χ1n) is 5.17. The van der Waals surface area contributed by atoms with Gasteiger partial charge in [0.25, 0.3) is 5.91 Å². The Labute approximate surface area is 110 Å². The van der Waals surface area contributed by atoms with Gasteiger partial charge in [0.15, 0.2) is 0 Å². The van der Waals surface area contributed by atoms with E-state index in [4.69, 9.17) is 15.6 Å². The molecule has 2 heterocycles. The summed E-state index contributed by atoms with van der Waals surface area (Å²) in [5, 5.41) is 7.12. The van der Waals surface area contributed by atoms with Gasteiger partial charge in [0, 0.05) is 12.4 Å². The molecular formula is C11H10F3N3O3. The van der Waals surface area contributed by atoms with Crippen molar-refractivity contribution in [1.82, 2.24) is 9.38 Å². The number of carbonyl (C=O) groups excluding carboxylic acids is 1. The molecule has 0 aliphatic rings. The smallest absolute Gasteiger partial charge is 0.475 e. The molecule has 0 bridgehead atoms. The lowest BCUT2D eigenvalue weighted by molar-refractivity contribution is -0.192. The minimum absolute atomic E-state index is 0.300. The SMILES string of the molecule is Cc1cccn2cc(C(N)=O)nc12.O=C(O)C(F)(F)F. The molecule has 108 valence electrons. The van der Waals surface area contributed by atoms with Crippen LogP contribution in [0.25, 0.3) is 5.65 Å². The Balaban J connectivity index is 0.000000246. The zero-order valence-corrected chi connectivity index (χ0v) is 10.2. The van der Waals surface area contributed by atoms with E-state index in [1.165, 1.54) is 0 Å². The van der Waals surface area contributed by atoms with Crippen molar-refractivity contribution in [3.8, 4) is 0 Å². The highest BCUT2D eigenvalue weighted by molar-refractivity contribution is 5.91. The Morgan fingerprint density at radius 2 is 1.95 bits per heavy atom. The number of aryl methyl sites for hydroxylation is 1. The van der Waals surface area contributed by atoms with Gasteiger partial charge in [-0.15, -0.1) is 0 Å². The third kappa shape index (κ3) is 3.70. The van der Waals surface area contributed by atoms with E-state index in [1.54, 1.807) is 10.6 Å². The van der Waals surface area contributed by atoms with Gasteiger partial charge in [0.05, 0.1) is 0 Å². The van der Waals surface area contributed by atoms with E-state index in [0.717, 1.165) is 11.2 Å². The first-order chi connectivity index (χ1) is 9.12. The summed E-state index contributed by atoms with van der Waals surface area (Å²) < 4.78 is 33.5. The number of imidazole rings is 1. The summed E-state index contributed by atoms with van der Waals surface area (Å²) in [5.74, 6) is -3.25. The molecule has 0 aliphatic heterocycles. The molecule has 0 unspecified atom stereocenters. The normalized spacial score (nSPS) is 10.8. The molecule has 3 N–H and O–H groups in total. The topological polar surface area (TPSA) is 97.7 Å². The van der Waals surface area contributed by atoms with Crippen molar-refractivity contribution < 1.29 is 27.9 Å². The number of nitrogens with two attached hydrogens (primary N) is 1. The Kier molecular flexibility index (Phi) is 4.33. The number of fused-ring (bicyclic) bond motifs is 1. The quantitative estimate of drug-likeness (QED) is 0.828. The highest BCUT2D eigenvalue weighted by atomic mass is 19.4. The molecule has 0 fully saturated rings. The van der Waals surface area contributed by atoms with Crippen molar-refractivity contribution in [2.24, 2.45) is 5.73 Å². The Hall–Kier alpha value is -2.58. The molecule has 20 heavy (non-hydrogen) atoms. The van der Waals surface area contributed by atoms with Crippen LogP contribution in [0.15, 0.2) is 24.5 Å². The average Bonchev–Trinajstić information content (AvgIpc) is 2.74. The Bertz CT molecular complexity index is 649. The van der Waals surface area contributed by atoms with Crippen molar-refractivity contribution in [3.63, 3.8) is 0 Å². The second-order valence-corrected chi connectivity index (χ2v) is 3.72. The molecule has 0 atom stereocenters. The molecule has 0 spiro atoms. The second-order valence-electron chi connectivity index (χ2n) is 3.72. The molecule has 2 aromatic heterocycles. The van der Waals surface area contributed by atoms with Gasteiger partial charge in [-0.2, -0.15) is 13.2 Å². The maximum absolute atomic E-state index is 10.8. The average molecular weight is 289 g/mol. The van der Waals surface area contributed by atoms with Crippen LogP contribution in [0.1, 0.15) is 16.1 Å². The standard InChI is InChI=1S/C9H9N3O.C2HF3O2/c1-6-3-2-4-12-5-7(8(10)13)11-9(6)12;3-2(4,5)1(6)7/h2-5H,1H3,(H2,10,13);(H,6,7). The third-order valence-electron chi connectivity index (χ3n) is 2.17. The van der Waals surface area contributed by atoms with E-state index in [9.17, 15) is 18.0 Å². The number of pyridine rings is 1. The molecule has 6 nitrogen and oxygen atoms in total. The zero-order valence-electron chi connectivity index (χ0n) is 10.2. The van der Waals surface area contributed by atoms with Crippen LogP contribution in [0.3, 0.4) is 0 Å². The maximum Gasteiger partial charge on any atom is 0.490 e. The van der Waals surface area contributed by atoms with Crippen LogP contribution in [0.4, 0.5) is 13.2 Å². The largest absolute Gasteiger partial charge is 0.490 e. The number of hydrogen-bond acceptors (Lipinski definition) is 3. The van der Waals surface area contributed by atoms with E-state index in [2.05, 4.69) is 4.98 Å². The van der Waals surface area contributed by atoms with Crippen molar-refractivity contribution in [1.29, 1.82) is 0 Å². The fourth-order valence-electron chi connectivity index (χ4n) is 1.27. The van der Waals surface area contributed by atoms with Gasteiger partial charge < -0.3 is 15.2 Å². The lowest BCUT2D eigenvalue weighted by atomic mass is 10.3. The summed E-state index contributed by atoms with van der Waals surface area (Å²) in [7, 11) is 0. The molecule has 0 aromatic carbocycles. The first kappa shape index (κ1) is 15.5. The number of halogens is 3. The van der Waals surface area contributed by atoms with Gasteiger partial charge in [-0.05, 0) is 18.6 Å². The van der Waals surface area contributed by atoms with Crippen LogP contribution < -0.4 is 5.73 Å². The van der Waals surface area contributed by atoms with Crippen LogP contribution in [0.5, 0.6) is 0 Å². The number of carbonyl (C=O) groups is 2. The van der Waals surface area contributed by atoms with Gasteiger partial charge in [-0.1, -0.05) is 6.07 Å². The predicted molar refractivity (Wildman–Crippen MR) is 62.1 cm³/mol. The van der Waals surface area contributed by atoms with Crippen LogP contribution in [-0.2, 0) is 4.79 Å². The van der Waals surface area contributed by atoms with E-state index in [0.29, 0.717) is 5.69 Å². The minimum Gasteiger partial charge on any atom is -0.475 e. The van der Waals surface area contributed by atoms with Crippen molar-refractivity contribution in [2.75, 3.05) is 0 Å². The molecule has 0 saturated carbocycles. The highest BCUT2D eigenvalue weighted by Crippen LogP contribution is 2.13. The number of amides is 1. The maximum atomic E-state index is 10.8. The Morgan fingerprint density at radius 1 is 1.40 bits per heavy atom. The fraction of sp³-hybridized carbons (Fsp3) is 0.182. The molecule has 0 aliphatic carbocycles. The number of alkyl halides is 3. The minimum atomic E-state index is -5.08. The van der Waals surface area contributed by atoms with Crippen LogP contribution in [-0.4, -0.2) is 32.5 Å². The number of nitrogens with zero attached hydrogens (tertiary/aromatic N) is 2. The molecule has 2 aromatic rings. The molecule has 2 rings (SSSR count). The van der Waals surface area contributed by atoms with Crippen molar-refractivity contribution in [3.05, 3.63) is 35.8 Å². The predicted octanol–water partition coefficient (Wildman–Crippen LogP) is 1.37. The zero-order chi connectivity index (χ0) is 15.5. The number of carboxylic acid groups (broad SMARTS) is 1. The number of primary amides is 1. The number of aromatic nitrogens is 2. The van der Waals surface area contributed by atoms with Crippen molar-refractivity contribution >= 4 is 17.5 Å². The van der Waals surface area contributed by atoms with Gasteiger partial charge in [-0.25, -0.2) is 9.78 Å². The van der Waals surface area contributed by atoms with Gasteiger partial charge in [-0.3, -0.25) is 4.79 Å². The summed E-state index contributed by atoms with van der Waals surface area (Å²) in [4.78, 5) is 23.8. The summed E-state index contributed by atoms with van der Waals surface area (Å²) in [6, 6.07) is 3.84. The third-order valence-corrected chi connectivity index (χ3v) is 2.17. The lowest BCUT2D eigenvalue weighted by Crippen LogP contribution is -2.21. The van der Waals surface area contributed by atoms with Crippen LogP contribution in [0, 0.1) is 6.92 Å². The molecule has 9 heteroatoms. The summed E-state index contributed by atoms with van der Waals surface area (Å²) >= 11 is 0. The Morgan fingerprint density at radius 3 is 2.35 bits per heavy atom. The summed E-state index contributed by atoms with van der Waals surface area (Å²) in [5.41, 5.74) is 7.21. The van der Waals surface area contributed by atoms with Gasteiger partial charge >= 0.3 is 12.1 Å². The number of carboxylic acids is 1. The summed E-state index contributed by atoms with van der Waals surface area (Å²) in [6.45, 7) is 1.94. The molecule has 0 radical (unpaired) electrons. The molecular weight excluding hydrogens is 279 g/mol. The van der Waals surface area contributed by atoms with E-state index >= 15 is 0 Å². The van der Waals surface area contributed by atoms with E-state index < -0.39 is 18.1 Å². The van der Waals surface area contributed by atoms with Gasteiger partial charge in [0.2, 0.25) is 0 Å². The lowest BCUT2D eigenvalue weighted by Gasteiger charge is -1.93. The first-order valence-corrected chi connectivity index (χ1v) is 5.17. The number of rotatable bonds is 1. The van der Waals surface area contributed by atoms with Crippen LogP contribution >= 0.6 is 0 Å². The highest BCUT2D eigenvalue weighted by Gasteiger charge is 2.38. The monoisotopic (exact) mass is 289 g/mol. The second kappa shape index (κ2) is 5.59. The fourth-order valence-corrected chi connectivity index (χ4v) is 1.27. The molecule has 1 amide bonds.